The number of aromatic nitrogens is 1. The number of hydrogen-bond donors (Lipinski definition) is 0. The van der Waals surface area contributed by atoms with Crippen molar-refractivity contribution in [2.75, 3.05) is 0 Å². The lowest BCUT2D eigenvalue weighted by Gasteiger charge is -2.22. The number of ether oxygens (including phenoxy) is 1. The molecule has 4 aromatic rings. The first-order valence-electron chi connectivity index (χ1n) is 11.8. The smallest absolute Gasteiger partial charge is 0.134 e. The largest absolute Gasteiger partial charge is 0.457 e. The molecule has 1 heterocycles. The summed E-state index contributed by atoms with van der Waals surface area (Å²) in [4.78, 5) is 4.78. The normalized spacial score (nSPS) is 14.5. The third-order valence-electron chi connectivity index (χ3n) is 6.29. The third-order valence-corrected chi connectivity index (χ3v) is 7.16. The molecule has 3 aromatic carbocycles. The van der Waals surface area contributed by atoms with Gasteiger partial charge in [0.1, 0.15) is 22.6 Å². The van der Waals surface area contributed by atoms with Crippen molar-refractivity contribution in [1.82, 2.24) is 4.98 Å². The summed E-state index contributed by atoms with van der Waals surface area (Å²) in [6.07, 6.45) is 8.52. The van der Waals surface area contributed by atoms with Gasteiger partial charge >= 0.3 is 0 Å². The molecule has 1 saturated carbocycles. The van der Waals surface area contributed by atoms with Crippen molar-refractivity contribution in [2.24, 2.45) is 0 Å². The Hall–Kier alpha value is -3.68. The summed E-state index contributed by atoms with van der Waals surface area (Å²) in [5.41, 5.74) is 4.90. The molecule has 1 aromatic heterocycles. The number of rotatable bonds is 6. The van der Waals surface area contributed by atoms with E-state index in [-0.39, 0.29) is 0 Å². The van der Waals surface area contributed by atoms with E-state index in [1.807, 2.05) is 66.1 Å². The summed E-state index contributed by atoms with van der Waals surface area (Å²) in [5.74, 6) is 2.21. The average Bonchev–Trinajstić information content (AvgIpc) is 3.39. The Morgan fingerprint density at radius 1 is 0.912 bits per heavy atom. The van der Waals surface area contributed by atoms with Crippen LogP contribution in [0, 0.1) is 11.3 Å². The van der Waals surface area contributed by atoms with E-state index in [2.05, 4.69) is 30.3 Å². The zero-order chi connectivity index (χ0) is 23.2. The molecule has 0 saturated heterocycles. The van der Waals surface area contributed by atoms with Crippen LogP contribution in [0.3, 0.4) is 0 Å². The van der Waals surface area contributed by atoms with Gasteiger partial charge in [-0.25, -0.2) is 4.98 Å². The molecule has 0 amide bonds. The van der Waals surface area contributed by atoms with Crippen LogP contribution in [-0.4, -0.2) is 4.98 Å². The van der Waals surface area contributed by atoms with Crippen molar-refractivity contribution in [3.63, 3.8) is 0 Å². The molecule has 168 valence electrons. The van der Waals surface area contributed by atoms with Gasteiger partial charge in [0, 0.05) is 10.9 Å². The van der Waals surface area contributed by atoms with Crippen LogP contribution in [0.25, 0.3) is 22.9 Å². The third kappa shape index (κ3) is 5.27. The van der Waals surface area contributed by atoms with Crippen LogP contribution in [0.2, 0.25) is 0 Å². The first-order valence-corrected chi connectivity index (χ1v) is 12.7. The monoisotopic (exact) mass is 462 g/mol. The Kier molecular flexibility index (Phi) is 6.84. The predicted molar refractivity (Wildman–Crippen MR) is 140 cm³/mol. The van der Waals surface area contributed by atoms with Crippen LogP contribution in [0.4, 0.5) is 0 Å². The quantitative estimate of drug-likeness (QED) is 0.269. The fourth-order valence-corrected chi connectivity index (χ4v) is 5.29. The highest BCUT2D eigenvalue weighted by Gasteiger charge is 2.16. The van der Waals surface area contributed by atoms with Gasteiger partial charge in [-0.15, -0.1) is 11.3 Å². The van der Waals surface area contributed by atoms with E-state index in [0.29, 0.717) is 11.5 Å². The van der Waals surface area contributed by atoms with Crippen LogP contribution in [0.1, 0.15) is 54.2 Å². The number of benzene rings is 3. The lowest BCUT2D eigenvalue weighted by molar-refractivity contribution is 0.443. The molecule has 4 heteroatoms. The zero-order valence-electron chi connectivity index (χ0n) is 19.0. The van der Waals surface area contributed by atoms with E-state index in [1.54, 1.807) is 0 Å². The van der Waals surface area contributed by atoms with E-state index in [9.17, 15) is 5.26 Å². The molecule has 1 aliphatic carbocycles. The first kappa shape index (κ1) is 22.1. The Morgan fingerprint density at radius 3 is 2.44 bits per heavy atom. The van der Waals surface area contributed by atoms with Gasteiger partial charge in [0.15, 0.2) is 0 Å². The van der Waals surface area contributed by atoms with Crippen LogP contribution >= 0.6 is 11.3 Å². The fourth-order valence-electron chi connectivity index (χ4n) is 4.49. The molecule has 0 N–H and O–H groups in total. The van der Waals surface area contributed by atoms with Gasteiger partial charge in [0.25, 0.3) is 0 Å². The van der Waals surface area contributed by atoms with Crippen molar-refractivity contribution >= 4 is 23.0 Å². The summed E-state index contributed by atoms with van der Waals surface area (Å²) < 4.78 is 5.93. The van der Waals surface area contributed by atoms with Crippen molar-refractivity contribution < 1.29 is 4.74 Å². The molecule has 0 radical (unpaired) electrons. The molecule has 0 bridgehead atoms. The second-order valence-corrected chi connectivity index (χ2v) is 9.51. The maximum Gasteiger partial charge on any atom is 0.134 e. The Morgan fingerprint density at radius 2 is 1.68 bits per heavy atom. The maximum absolute atomic E-state index is 9.82. The molecule has 34 heavy (non-hydrogen) atoms. The highest BCUT2D eigenvalue weighted by atomic mass is 32.1. The summed E-state index contributed by atoms with van der Waals surface area (Å²) in [6, 6.07) is 28.6. The SMILES string of the molecule is N#C/C(=C\c1cccc(Oc2ccccc2)c1)c1nc(-c2ccc(C3CCCCC3)cc2)cs1. The van der Waals surface area contributed by atoms with Crippen LogP contribution in [0.5, 0.6) is 11.5 Å². The second kappa shape index (κ2) is 10.5. The lowest BCUT2D eigenvalue weighted by atomic mass is 9.84. The Balaban J connectivity index is 1.33. The first-order chi connectivity index (χ1) is 16.8. The predicted octanol–water partition coefficient (Wildman–Crippen LogP) is 8.71. The summed E-state index contributed by atoms with van der Waals surface area (Å²) in [6.45, 7) is 0. The molecule has 1 aliphatic rings. The number of nitrogens with zero attached hydrogens (tertiary/aromatic N) is 2. The molecule has 0 spiro atoms. The van der Waals surface area contributed by atoms with Gasteiger partial charge in [-0.2, -0.15) is 5.26 Å². The molecule has 1 fully saturated rings. The molecule has 5 rings (SSSR count). The van der Waals surface area contributed by atoms with E-state index in [0.717, 1.165) is 33.3 Å². The number of para-hydroxylation sites is 1. The molecule has 3 nitrogen and oxygen atoms in total. The van der Waals surface area contributed by atoms with E-state index >= 15 is 0 Å². The fraction of sp³-hybridized carbons (Fsp3) is 0.200. The van der Waals surface area contributed by atoms with Crippen molar-refractivity contribution in [3.05, 3.63) is 100 Å². The molecule has 0 unspecified atom stereocenters. The van der Waals surface area contributed by atoms with E-state index < -0.39 is 0 Å². The minimum atomic E-state index is 0.548. The van der Waals surface area contributed by atoms with Crippen LogP contribution < -0.4 is 4.74 Å². The minimum Gasteiger partial charge on any atom is -0.457 e. The lowest BCUT2D eigenvalue weighted by Crippen LogP contribution is -2.04. The van der Waals surface area contributed by atoms with Crippen molar-refractivity contribution in [1.29, 1.82) is 5.26 Å². The van der Waals surface area contributed by atoms with Gasteiger partial charge in [-0.3, -0.25) is 0 Å². The molecular weight excluding hydrogens is 436 g/mol. The summed E-state index contributed by atoms with van der Waals surface area (Å²) >= 11 is 1.50. The summed E-state index contributed by atoms with van der Waals surface area (Å²) in [5, 5.41) is 12.6. The minimum absolute atomic E-state index is 0.548. The average molecular weight is 463 g/mol. The zero-order valence-corrected chi connectivity index (χ0v) is 19.8. The number of allylic oxidation sites excluding steroid dienone is 1. The highest BCUT2D eigenvalue weighted by Crippen LogP contribution is 2.34. The molecule has 0 atom stereocenters. The highest BCUT2D eigenvalue weighted by molar-refractivity contribution is 7.11. The van der Waals surface area contributed by atoms with Crippen LogP contribution in [0.15, 0.2) is 84.2 Å². The van der Waals surface area contributed by atoms with Crippen molar-refractivity contribution in [3.8, 4) is 28.8 Å². The topological polar surface area (TPSA) is 45.9 Å². The Bertz CT molecular complexity index is 1310. The van der Waals surface area contributed by atoms with Gasteiger partial charge in [0.05, 0.1) is 11.3 Å². The number of thiazole rings is 1. The van der Waals surface area contributed by atoms with Gasteiger partial charge in [0.2, 0.25) is 0 Å². The molecular formula is C30H26N2OS. The van der Waals surface area contributed by atoms with Crippen LogP contribution in [-0.2, 0) is 0 Å². The maximum atomic E-state index is 9.82. The van der Waals surface area contributed by atoms with Gasteiger partial charge in [-0.05, 0) is 60.2 Å². The second-order valence-electron chi connectivity index (χ2n) is 8.65. The summed E-state index contributed by atoms with van der Waals surface area (Å²) in [7, 11) is 0. The van der Waals surface area contributed by atoms with Crippen molar-refractivity contribution in [2.45, 2.75) is 38.0 Å². The number of nitriles is 1. The standard InChI is InChI=1S/C30H26N2OS/c31-20-26(18-22-8-7-13-28(19-22)33-27-11-5-2-6-12-27)30-32-29(21-34-30)25-16-14-24(15-17-25)23-9-3-1-4-10-23/h2,5-8,11-19,21,23H,1,3-4,9-10H2/b26-18+. The van der Waals surface area contributed by atoms with Gasteiger partial charge < -0.3 is 4.74 Å². The van der Waals surface area contributed by atoms with E-state index in [1.165, 1.54) is 49.0 Å². The molecule has 0 aliphatic heterocycles. The number of hydrogen-bond acceptors (Lipinski definition) is 4. The van der Waals surface area contributed by atoms with Gasteiger partial charge in [-0.1, -0.05) is 73.9 Å². The Labute approximate surface area is 205 Å². The van der Waals surface area contributed by atoms with E-state index in [4.69, 9.17) is 9.72 Å².